The molecule has 0 radical (unpaired) electrons. The molecule has 2 amide bonds. The molecular formula is C13H15N3O6S2. The van der Waals surface area contributed by atoms with Crippen molar-refractivity contribution in [3.63, 3.8) is 0 Å². The number of aryl methyl sites for hydroxylation is 2. The third-order valence-corrected chi connectivity index (χ3v) is 4.04. The third kappa shape index (κ3) is 6.87. The summed E-state index contributed by atoms with van der Waals surface area (Å²) in [6.07, 6.45) is 0. The summed E-state index contributed by atoms with van der Waals surface area (Å²) in [5.41, 5.74) is 1.63. The van der Waals surface area contributed by atoms with Crippen molar-refractivity contribution in [2.45, 2.75) is 13.8 Å². The van der Waals surface area contributed by atoms with Gasteiger partial charge in [0, 0.05) is 0 Å². The van der Waals surface area contributed by atoms with E-state index in [1.54, 1.807) is 13.8 Å². The highest BCUT2D eigenvalue weighted by molar-refractivity contribution is 8.14. The molecule has 0 atom stereocenters. The molecular weight excluding hydrogens is 358 g/mol. The first kappa shape index (κ1) is 19.8. The smallest absolute Gasteiger partial charge is 0.314 e. The molecule has 1 heterocycles. The van der Waals surface area contributed by atoms with Gasteiger partial charge >= 0.3 is 11.9 Å². The molecule has 0 fully saturated rings. The predicted molar refractivity (Wildman–Crippen MR) is 91.9 cm³/mol. The second-order valence-corrected chi connectivity index (χ2v) is 6.34. The molecule has 4 N–H and O–H groups in total. The second-order valence-electron chi connectivity index (χ2n) is 4.44. The zero-order chi connectivity index (χ0) is 18.3. The van der Waals surface area contributed by atoms with E-state index in [-0.39, 0.29) is 11.5 Å². The van der Waals surface area contributed by atoms with Crippen LogP contribution in [0.15, 0.2) is 6.07 Å². The maximum atomic E-state index is 11.7. The van der Waals surface area contributed by atoms with Gasteiger partial charge in [-0.25, -0.2) is 0 Å². The number of hydrogen-bond donors (Lipinski definition) is 4. The maximum absolute atomic E-state index is 11.7. The highest BCUT2D eigenvalue weighted by atomic mass is 32.2. The highest BCUT2D eigenvalue weighted by Gasteiger charge is 2.13. The number of nitrogens with zero attached hydrogens (tertiary/aromatic N) is 1. The van der Waals surface area contributed by atoms with Crippen molar-refractivity contribution in [1.82, 2.24) is 4.98 Å². The molecule has 0 bridgehead atoms. The molecule has 1 aromatic heterocycles. The van der Waals surface area contributed by atoms with E-state index in [2.05, 4.69) is 15.6 Å². The fourth-order valence-corrected chi connectivity index (χ4v) is 2.40. The van der Waals surface area contributed by atoms with Gasteiger partial charge in [0.25, 0.3) is 10.5 Å². The van der Waals surface area contributed by atoms with Gasteiger partial charge in [-0.2, -0.15) is 0 Å². The van der Waals surface area contributed by atoms with Crippen LogP contribution in [0.3, 0.4) is 0 Å². The second kappa shape index (κ2) is 9.13. The molecule has 9 nitrogen and oxygen atoms in total. The van der Waals surface area contributed by atoms with E-state index in [1.807, 2.05) is 0 Å². The lowest BCUT2D eigenvalue weighted by Gasteiger charge is -2.12. The number of aliphatic carboxylic acids is 2. The van der Waals surface area contributed by atoms with Crippen LogP contribution in [0.2, 0.25) is 0 Å². The van der Waals surface area contributed by atoms with Crippen LogP contribution in [-0.2, 0) is 9.59 Å². The average molecular weight is 373 g/mol. The molecule has 0 aliphatic carbocycles. The van der Waals surface area contributed by atoms with Crippen LogP contribution in [0.4, 0.5) is 21.0 Å². The largest absolute Gasteiger partial charge is 0.481 e. The molecule has 0 saturated carbocycles. The summed E-state index contributed by atoms with van der Waals surface area (Å²) < 4.78 is 0. The van der Waals surface area contributed by atoms with Gasteiger partial charge < -0.3 is 20.8 Å². The first-order valence-corrected chi connectivity index (χ1v) is 8.45. The molecule has 1 aromatic rings. The summed E-state index contributed by atoms with van der Waals surface area (Å²) in [4.78, 5) is 48.4. The van der Waals surface area contributed by atoms with Gasteiger partial charge in [0.15, 0.2) is 0 Å². The van der Waals surface area contributed by atoms with Crippen LogP contribution in [0, 0.1) is 13.8 Å². The van der Waals surface area contributed by atoms with E-state index in [0.29, 0.717) is 46.3 Å². The van der Waals surface area contributed by atoms with Crippen molar-refractivity contribution < 1.29 is 29.4 Å². The summed E-state index contributed by atoms with van der Waals surface area (Å²) in [6.45, 7) is 3.30. The van der Waals surface area contributed by atoms with Crippen molar-refractivity contribution in [2.75, 3.05) is 22.1 Å². The Bertz CT molecular complexity index is 627. The summed E-state index contributed by atoms with van der Waals surface area (Å²) in [6, 6.07) is 1.48. The molecule has 0 saturated heterocycles. The fourth-order valence-electron chi connectivity index (χ4n) is 1.52. The predicted octanol–water partition coefficient (Wildman–Crippen LogP) is 2.40. The summed E-state index contributed by atoms with van der Waals surface area (Å²) >= 11 is 1.18. The Hall–Kier alpha value is -2.27. The topological polar surface area (TPSA) is 146 Å². The van der Waals surface area contributed by atoms with Crippen LogP contribution in [0.25, 0.3) is 0 Å². The number of thioether (sulfide) groups is 2. The zero-order valence-corrected chi connectivity index (χ0v) is 14.4. The van der Waals surface area contributed by atoms with E-state index in [4.69, 9.17) is 10.2 Å². The highest BCUT2D eigenvalue weighted by Crippen LogP contribution is 2.24. The number of rotatable bonds is 6. The van der Waals surface area contributed by atoms with Crippen molar-refractivity contribution >= 4 is 57.3 Å². The van der Waals surface area contributed by atoms with Gasteiger partial charge in [-0.1, -0.05) is 23.5 Å². The third-order valence-electron chi connectivity index (χ3n) is 2.53. The number of nitrogens with one attached hydrogen (secondary N) is 2. The fraction of sp³-hybridized carbons (Fsp3) is 0.308. The van der Waals surface area contributed by atoms with E-state index < -0.39 is 22.4 Å². The SMILES string of the molecule is Cc1nc(C)c(NC(=O)SCC(=O)O)cc1NC(=O)SCC(=O)O. The number of carbonyl (C=O) groups excluding carboxylic acids is 2. The molecule has 24 heavy (non-hydrogen) atoms. The van der Waals surface area contributed by atoms with Gasteiger partial charge in [0.1, 0.15) is 11.5 Å². The molecule has 11 heteroatoms. The molecule has 0 aliphatic rings. The summed E-state index contributed by atoms with van der Waals surface area (Å²) in [5.74, 6) is -2.98. The lowest BCUT2D eigenvalue weighted by molar-refractivity contribution is -0.134. The minimum Gasteiger partial charge on any atom is -0.481 e. The van der Waals surface area contributed by atoms with E-state index in [0.717, 1.165) is 0 Å². The number of carbonyl (C=O) groups is 4. The number of amides is 2. The van der Waals surface area contributed by atoms with E-state index in [1.165, 1.54) is 6.07 Å². The summed E-state index contributed by atoms with van der Waals surface area (Å²) in [7, 11) is 0. The van der Waals surface area contributed by atoms with Gasteiger partial charge in [0.05, 0.1) is 22.8 Å². The maximum Gasteiger partial charge on any atom is 0.314 e. The lowest BCUT2D eigenvalue weighted by atomic mass is 10.2. The number of anilines is 2. The molecule has 0 aliphatic heterocycles. The summed E-state index contributed by atoms with van der Waals surface area (Å²) in [5, 5.41) is 21.0. The van der Waals surface area contributed by atoms with Crippen LogP contribution in [0.1, 0.15) is 11.4 Å². The zero-order valence-electron chi connectivity index (χ0n) is 12.8. The van der Waals surface area contributed by atoms with E-state index in [9.17, 15) is 19.2 Å². The minimum absolute atomic E-state index is 0.321. The monoisotopic (exact) mass is 373 g/mol. The molecule has 130 valence electrons. The van der Waals surface area contributed by atoms with Gasteiger partial charge in [-0.15, -0.1) is 0 Å². The Morgan fingerprint density at radius 1 is 0.917 bits per heavy atom. The van der Waals surface area contributed by atoms with Crippen LogP contribution in [-0.4, -0.2) is 49.1 Å². The Kier molecular flexibility index (Phi) is 7.52. The first-order valence-electron chi connectivity index (χ1n) is 6.48. The Balaban J connectivity index is 2.81. The number of pyridine rings is 1. The Morgan fingerprint density at radius 3 is 1.62 bits per heavy atom. The molecule has 1 rings (SSSR count). The van der Waals surface area contributed by atoms with Crippen LogP contribution in [0.5, 0.6) is 0 Å². The number of hydrogen-bond acceptors (Lipinski definition) is 7. The number of carboxylic acid groups (broad SMARTS) is 2. The van der Waals surface area contributed by atoms with Gasteiger partial charge in [-0.05, 0) is 19.9 Å². The Labute approximate surface area is 145 Å². The Morgan fingerprint density at radius 2 is 1.29 bits per heavy atom. The number of carboxylic acids is 2. The molecule has 0 unspecified atom stereocenters. The van der Waals surface area contributed by atoms with Crippen molar-refractivity contribution in [3.8, 4) is 0 Å². The quantitative estimate of drug-likeness (QED) is 0.590. The minimum atomic E-state index is -1.11. The van der Waals surface area contributed by atoms with Gasteiger partial charge in [-0.3, -0.25) is 24.2 Å². The van der Waals surface area contributed by atoms with Crippen molar-refractivity contribution in [3.05, 3.63) is 17.5 Å². The van der Waals surface area contributed by atoms with Crippen molar-refractivity contribution in [1.29, 1.82) is 0 Å². The normalized spacial score (nSPS) is 10.1. The lowest BCUT2D eigenvalue weighted by Crippen LogP contribution is -2.14. The van der Waals surface area contributed by atoms with Crippen LogP contribution >= 0.6 is 23.5 Å². The molecule has 0 aromatic carbocycles. The van der Waals surface area contributed by atoms with Crippen molar-refractivity contribution in [2.24, 2.45) is 0 Å². The van der Waals surface area contributed by atoms with Gasteiger partial charge in [0.2, 0.25) is 0 Å². The van der Waals surface area contributed by atoms with E-state index >= 15 is 0 Å². The standard InChI is InChI=1S/C13H15N3O6S2/c1-6-8(15-12(21)23-4-10(17)18)3-9(7(2)14-6)16-13(22)24-5-11(19)20/h3H,4-5H2,1-2H3,(H,15,21)(H,16,22)(H,17,18)(H,19,20). The van der Waals surface area contributed by atoms with Crippen LogP contribution < -0.4 is 10.6 Å². The number of aromatic nitrogens is 1. The average Bonchev–Trinajstić information content (AvgIpc) is 2.48. The molecule has 0 spiro atoms. The first-order chi connectivity index (χ1) is 11.2.